The molecule has 0 aromatic carbocycles. The lowest BCUT2D eigenvalue weighted by Crippen LogP contribution is -2.46. The van der Waals surface area contributed by atoms with Crippen molar-refractivity contribution in [3.05, 3.63) is 12.7 Å². The topological polar surface area (TPSA) is 58.4 Å². The van der Waals surface area contributed by atoms with Crippen molar-refractivity contribution in [1.29, 1.82) is 0 Å². The predicted molar refractivity (Wildman–Crippen MR) is 52.4 cm³/mol. The highest BCUT2D eigenvalue weighted by Gasteiger charge is 2.18. The van der Waals surface area contributed by atoms with Gasteiger partial charge < -0.3 is 11.1 Å². The molecule has 0 aliphatic carbocycles. The van der Waals surface area contributed by atoms with Crippen LogP contribution in [0.25, 0.3) is 0 Å². The lowest BCUT2D eigenvalue weighted by molar-refractivity contribution is 0.208. The highest BCUT2D eigenvalue weighted by atomic mass is 16.2. The summed E-state index contributed by atoms with van der Waals surface area (Å²) in [7, 11) is 0. The third-order valence-electron chi connectivity index (χ3n) is 2.32. The molecule has 4 nitrogen and oxygen atoms in total. The molecule has 2 amide bonds. The molecule has 13 heavy (non-hydrogen) atoms. The molecule has 1 rings (SSSR count). The number of piperidine rings is 1. The number of primary amides is 1. The summed E-state index contributed by atoms with van der Waals surface area (Å²) in [4.78, 5) is 12.9. The van der Waals surface area contributed by atoms with E-state index in [-0.39, 0.29) is 6.04 Å². The molecule has 0 bridgehead atoms. The zero-order valence-electron chi connectivity index (χ0n) is 7.83. The Labute approximate surface area is 78.8 Å². The Hall–Kier alpha value is -1.03. The quantitative estimate of drug-likeness (QED) is 0.618. The summed E-state index contributed by atoms with van der Waals surface area (Å²) in [5.41, 5.74) is 5.04. The Morgan fingerprint density at radius 2 is 2.23 bits per heavy atom. The van der Waals surface area contributed by atoms with Gasteiger partial charge in [0.25, 0.3) is 0 Å². The van der Waals surface area contributed by atoms with Crippen LogP contribution in [0.5, 0.6) is 0 Å². The Balaban J connectivity index is 2.22. The van der Waals surface area contributed by atoms with Gasteiger partial charge in [0.15, 0.2) is 0 Å². The van der Waals surface area contributed by atoms with E-state index in [9.17, 15) is 4.79 Å². The summed E-state index contributed by atoms with van der Waals surface area (Å²) in [6, 6.07) is -0.152. The van der Waals surface area contributed by atoms with Crippen molar-refractivity contribution in [3.63, 3.8) is 0 Å². The average Bonchev–Trinajstić information content (AvgIpc) is 2.08. The van der Waals surface area contributed by atoms with E-state index in [0.29, 0.717) is 0 Å². The van der Waals surface area contributed by atoms with E-state index in [0.717, 1.165) is 32.5 Å². The van der Waals surface area contributed by atoms with E-state index in [1.807, 2.05) is 6.08 Å². The molecule has 3 N–H and O–H groups in total. The van der Waals surface area contributed by atoms with Crippen LogP contribution in [0.4, 0.5) is 4.79 Å². The monoisotopic (exact) mass is 183 g/mol. The SMILES string of the molecule is C=CCN1CCC(NC(N)=O)CC1. The van der Waals surface area contributed by atoms with Crippen molar-refractivity contribution in [1.82, 2.24) is 10.2 Å². The average molecular weight is 183 g/mol. The van der Waals surface area contributed by atoms with Crippen LogP contribution in [0.15, 0.2) is 12.7 Å². The fourth-order valence-electron chi connectivity index (χ4n) is 1.64. The second-order valence-electron chi connectivity index (χ2n) is 3.37. The summed E-state index contributed by atoms with van der Waals surface area (Å²) in [6.45, 7) is 6.65. The van der Waals surface area contributed by atoms with Crippen LogP contribution in [0.1, 0.15) is 12.8 Å². The molecule has 1 heterocycles. The van der Waals surface area contributed by atoms with Crippen LogP contribution in [-0.2, 0) is 0 Å². The fourth-order valence-corrected chi connectivity index (χ4v) is 1.64. The highest BCUT2D eigenvalue weighted by Crippen LogP contribution is 2.09. The summed E-state index contributed by atoms with van der Waals surface area (Å²) < 4.78 is 0. The number of hydrogen-bond acceptors (Lipinski definition) is 2. The molecule has 0 aromatic heterocycles. The zero-order valence-corrected chi connectivity index (χ0v) is 7.83. The van der Waals surface area contributed by atoms with E-state index < -0.39 is 6.03 Å². The Kier molecular flexibility index (Phi) is 3.76. The number of nitrogens with one attached hydrogen (secondary N) is 1. The van der Waals surface area contributed by atoms with Crippen LogP contribution in [0, 0.1) is 0 Å². The molecule has 4 heteroatoms. The minimum Gasteiger partial charge on any atom is -0.352 e. The maximum Gasteiger partial charge on any atom is 0.312 e. The normalized spacial score (nSPS) is 19.7. The van der Waals surface area contributed by atoms with Gasteiger partial charge in [-0.2, -0.15) is 0 Å². The smallest absolute Gasteiger partial charge is 0.312 e. The van der Waals surface area contributed by atoms with Gasteiger partial charge in [0, 0.05) is 25.7 Å². The van der Waals surface area contributed by atoms with Gasteiger partial charge in [0.05, 0.1) is 0 Å². The molecule has 0 aromatic rings. The van der Waals surface area contributed by atoms with Gasteiger partial charge in [-0.25, -0.2) is 4.79 Å². The van der Waals surface area contributed by atoms with E-state index in [1.165, 1.54) is 0 Å². The molecular formula is C9H17N3O. The van der Waals surface area contributed by atoms with Crippen LogP contribution in [-0.4, -0.2) is 36.6 Å². The molecular weight excluding hydrogens is 166 g/mol. The molecule has 0 saturated carbocycles. The van der Waals surface area contributed by atoms with Crippen molar-refractivity contribution in [3.8, 4) is 0 Å². The van der Waals surface area contributed by atoms with Crippen LogP contribution >= 0.6 is 0 Å². The number of urea groups is 1. The summed E-state index contributed by atoms with van der Waals surface area (Å²) in [5.74, 6) is 0. The van der Waals surface area contributed by atoms with E-state index in [2.05, 4.69) is 16.8 Å². The molecule has 1 aliphatic heterocycles. The van der Waals surface area contributed by atoms with Gasteiger partial charge in [0.2, 0.25) is 0 Å². The van der Waals surface area contributed by atoms with Crippen LogP contribution < -0.4 is 11.1 Å². The number of nitrogens with zero attached hydrogens (tertiary/aromatic N) is 1. The molecule has 0 atom stereocenters. The van der Waals surface area contributed by atoms with Crippen LogP contribution in [0.2, 0.25) is 0 Å². The molecule has 0 unspecified atom stereocenters. The van der Waals surface area contributed by atoms with Gasteiger partial charge >= 0.3 is 6.03 Å². The van der Waals surface area contributed by atoms with Crippen molar-refractivity contribution >= 4 is 6.03 Å². The molecule has 0 spiro atoms. The Bertz CT molecular complexity index is 185. The number of rotatable bonds is 3. The van der Waals surface area contributed by atoms with Crippen molar-refractivity contribution < 1.29 is 4.79 Å². The number of carbonyl (C=O) groups excluding carboxylic acids is 1. The number of carbonyl (C=O) groups is 1. The van der Waals surface area contributed by atoms with Gasteiger partial charge in [-0.1, -0.05) is 6.08 Å². The minimum atomic E-state index is -0.415. The second-order valence-corrected chi connectivity index (χ2v) is 3.37. The first-order valence-corrected chi connectivity index (χ1v) is 4.61. The number of likely N-dealkylation sites (tertiary alicyclic amines) is 1. The molecule has 1 saturated heterocycles. The first kappa shape index (κ1) is 10.1. The first-order chi connectivity index (χ1) is 6.22. The number of nitrogens with two attached hydrogens (primary N) is 1. The van der Waals surface area contributed by atoms with Crippen molar-refractivity contribution in [2.75, 3.05) is 19.6 Å². The van der Waals surface area contributed by atoms with E-state index in [1.54, 1.807) is 0 Å². The van der Waals surface area contributed by atoms with Gasteiger partial charge in [-0.3, -0.25) is 4.90 Å². The maximum atomic E-state index is 10.6. The Morgan fingerprint density at radius 3 is 2.69 bits per heavy atom. The van der Waals surface area contributed by atoms with Crippen molar-refractivity contribution in [2.24, 2.45) is 5.73 Å². The predicted octanol–water partition coefficient (Wildman–Crippen LogP) is 0.305. The standard InChI is InChI=1S/C9H17N3O/c1-2-5-12-6-3-8(4-7-12)11-9(10)13/h2,8H,1,3-7H2,(H3,10,11,13). The van der Waals surface area contributed by atoms with Gasteiger partial charge in [-0.15, -0.1) is 6.58 Å². The molecule has 0 radical (unpaired) electrons. The maximum absolute atomic E-state index is 10.6. The number of amides is 2. The molecule has 74 valence electrons. The Morgan fingerprint density at radius 1 is 1.62 bits per heavy atom. The fraction of sp³-hybridized carbons (Fsp3) is 0.667. The number of hydrogen-bond donors (Lipinski definition) is 2. The largest absolute Gasteiger partial charge is 0.352 e. The third-order valence-corrected chi connectivity index (χ3v) is 2.32. The lowest BCUT2D eigenvalue weighted by atomic mass is 10.1. The minimum absolute atomic E-state index is 0.263. The van der Waals surface area contributed by atoms with Crippen molar-refractivity contribution in [2.45, 2.75) is 18.9 Å². The zero-order chi connectivity index (χ0) is 9.68. The van der Waals surface area contributed by atoms with E-state index >= 15 is 0 Å². The highest BCUT2D eigenvalue weighted by molar-refractivity contribution is 5.71. The molecule has 1 fully saturated rings. The van der Waals surface area contributed by atoms with E-state index in [4.69, 9.17) is 5.73 Å². The summed E-state index contributed by atoms with van der Waals surface area (Å²) >= 11 is 0. The summed E-state index contributed by atoms with van der Waals surface area (Å²) in [5, 5.41) is 2.73. The third kappa shape index (κ3) is 3.46. The lowest BCUT2D eigenvalue weighted by Gasteiger charge is -2.31. The molecule has 1 aliphatic rings. The summed E-state index contributed by atoms with van der Waals surface area (Å²) in [6.07, 6.45) is 3.87. The second kappa shape index (κ2) is 4.87. The first-order valence-electron chi connectivity index (χ1n) is 4.61. The van der Waals surface area contributed by atoms with Gasteiger partial charge in [-0.05, 0) is 12.8 Å². The van der Waals surface area contributed by atoms with Crippen LogP contribution in [0.3, 0.4) is 0 Å². The van der Waals surface area contributed by atoms with Gasteiger partial charge in [0.1, 0.15) is 0 Å².